The van der Waals surface area contributed by atoms with Gasteiger partial charge in [-0.3, -0.25) is 4.79 Å². The van der Waals surface area contributed by atoms with Crippen molar-refractivity contribution in [2.75, 3.05) is 37.6 Å². The second-order valence-electron chi connectivity index (χ2n) is 6.61. The standard InChI is InChI=1S/C18H26N4O2/c19-17(23)15-7-12-22(13-8-15)18(24)20-9-3-10-21-11-6-14-4-1-2-5-16(14)21/h1-2,4-5,15H,3,6-13H2,(H2,19,23)(H,20,24). The molecule has 24 heavy (non-hydrogen) atoms. The summed E-state index contributed by atoms with van der Waals surface area (Å²) < 4.78 is 0. The lowest BCUT2D eigenvalue weighted by atomic mass is 9.96. The Morgan fingerprint density at radius 1 is 1.17 bits per heavy atom. The topological polar surface area (TPSA) is 78.7 Å². The molecule has 0 spiro atoms. The number of primary amides is 1. The van der Waals surface area contributed by atoms with Gasteiger partial charge in [0.1, 0.15) is 0 Å². The minimum absolute atomic E-state index is 0.0280. The molecule has 1 aromatic rings. The summed E-state index contributed by atoms with van der Waals surface area (Å²) in [4.78, 5) is 27.5. The molecule has 0 saturated carbocycles. The van der Waals surface area contributed by atoms with Gasteiger partial charge in [-0.2, -0.15) is 0 Å². The molecule has 1 aromatic carbocycles. The number of nitrogens with zero attached hydrogens (tertiary/aromatic N) is 2. The molecule has 6 heteroatoms. The van der Waals surface area contributed by atoms with E-state index >= 15 is 0 Å². The van der Waals surface area contributed by atoms with Crippen molar-refractivity contribution in [2.24, 2.45) is 11.7 Å². The molecule has 2 heterocycles. The van der Waals surface area contributed by atoms with Gasteiger partial charge in [-0.25, -0.2) is 4.79 Å². The third-order valence-electron chi connectivity index (χ3n) is 5.05. The first kappa shape index (κ1) is 16.6. The fourth-order valence-electron chi connectivity index (χ4n) is 3.58. The summed E-state index contributed by atoms with van der Waals surface area (Å²) in [7, 11) is 0. The van der Waals surface area contributed by atoms with Crippen molar-refractivity contribution < 1.29 is 9.59 Å². The summed E-state index contributed by atoms with van der Waals surface area (Å²) >= 11 is 0. The number of fused-ring (bicyclic) bond motifs is 1. The summed E-state index contributed by atoms with van der Waals surface area (Å²) in [5.41, 5.74) is 8.06. The summed E-state index contributed by atoms with van der Waals surface area (Å²) in [6, 6.07) is 8.50. The molecular weight excluding hydrogens is 304 g/mol. The minimum Gasteiger partial charge on any atom is -0.371 e. The smallest absolute Gasteiger partial charge is 0.317 e. The molecule has 1 saturated heterocycles. The van der Waals surface area contributed by atoms with E-state index in [0.29, 0.717) is 32.5 Å². The maximum absolute atomic E-state index is 12.2. The van der Waals surface area contributed by atoms with Gasteiger partial charge in [-0.05, 0) is 37.3 Å². The van der Waals surface area contributed by atoms with Crippen LogP contribution in [0.15, 0.2) is 24.3 Å². The summed E-state index contributed by atoms with van der Waals surface area (Å²) in [6.07, 6.45) is 3.38. The number of nitrogens with one attached hydrogen (secondary N) is 1. The van der Waals surface area contributed by atoms with Crippen molar-refractivity contribution in [1.29, 1.82) is 0 Å². The Balaban J connectivity index is 1.35. The van der Waals surface area contributed by atoms with E-state index in [1.807, 2.05) is 0 Å². The first-order chi connectivity index (χ1) is 11.6. The molecule has 0 bridgehead atoms. The van der Waals surface area contributed by atoms with Gasteiger partial charge in [0.25, 0.3) is 0 Å². The number of amides is 3. The molecule has 0 unspecified atom stereocenters. The first-order valence-corrected chi connectivity index (χ1v) is 8.80. The van der Waals surface area contributed by atoms with E-state index in [-0.39, 0.29) is 17.9 Å². The third-order valence-corrected chi connectivity index (χ3v) is 5.05. The van der Waals surface area contributed by atoms with Crippen LogP contribution in [0.4, 0.5) is 10.5 Å². The number of hydrogen-bond donors (Lipinski definition) is 2. The number of likely N-dealkylation sites (tertiary alicyclic amines) is 1. The zero-order valence-electron chi connectivity index (χ0n) is 14.0. The highest BCUT2D eigenvalue weighted by Crippen LogP contribution is 2.27. The number of carbonyl (C=O) groups excluding carboxylic acids is 2. The molecular formula is C18H26N4O2. The van der Waals surface area contributed by atoms with Gasteiger partial charge >= 0.3 is 6.03 Å². The first-order valence-electron chi connectivity index (χ1n) is 8.80. The Morgan fingerprint density at radius 3 is 2.67 bits per heavy atom. The second kappa shape index (κ2) is 7.55. The second-order valence-corrected chi connectivity index (χ2v) is 6.61. The molecule has 0 aromatic heterocycles. The van der Waals surface area contributed by atoms with Crippen LogP contribution in [0, 0.1) is 5.92 Å². The van der Waals surface area contributed by atoms with Gasteiger partial charge in [0.05, 0.1) is 0 Å². The molecule has 2 aliphatic heterocycles. The van der Waals surface area contributed by atoms with Crippen LogP contribution >= 0.6 is 0 Å². The van der Waals surface area contributed by atoms with Crippen LogP contribution < -0.4 is 16.0 Å². The van der Waals surface area contributed by atoms with E-state index in [2.05, 4.69) is 34.5 Å². The number of benzene rings is 1. The molecule has 3 amide bonds. The summed E-state index contributed by atoms with van der Waals surface area (Å²) in [5, 5.41) is 2.99. The van der Waals surface area contributed by atoms with Crippen molar-refractivity contribution in [2.45, 2.75) is 25.7 Å². The fraction of sp³-hybridized carbons (Fsp3) is 0.556. The maximum atomic E-state index is 12.2. The highest BCUT2D eigenvalue weighted by molar-refractivity contribution is 5.78. The summed E-state index contributed by atoms with van der Waals surface area (Å²) in [6.45, 7) is 3.92. The van der Waals surface area contributed by atoms with Crippen molar-refractivity contribution >= 4 is 17.6 Å². The predicted octanol–water partition coefficient (Wildman–Crippen LogP) is 1.35. The van der Waals surface area contributed by atoms with Crippen LogP contribution in [-0.4, -0.2) is 49.6 Å². The lowest BCUT2D eigenvalue weighted by Gasteiger charge is -2.30. The Kier molecular flexibility index (Phi) is 5.23. The van der Waals surface area contributed by atoms with Crippen molar-refractivity contribution in [3.8, 4) is 0 Å². The van der Waals surface area contributed by atoms with Crippen LogP contribution in [-0.2, 0) is 11.2 Å². The van der Waals surface area contributed by atoms with Gasteiger partial charge in [-0.1, -0.05) is 18.2 Å². The third kappa shape index (κ3) is 3.80. The van der Waals surface area contributed by atoms with E-state index in [4.69, 9.17) is 5.73 Å². The number of para-hydroxylation sites is 1. The molecule has 2 aliphatic rings. The highest BCUT2D eigenvalue weighted by Gasteiger charge is 2.25. The average molecular weight is 330 g/mol. The Bertz CT molecular complexity index is 596. The van der Waals surface area contributed by atoms with E-state index in [0.717, 1.165) is 25.9 Å². The number of carbonyl (C=O) groups is 2. The zero-order valence-corrected chi connectivity index (χ0v) is 14.0. The summed E-state index contributed by atoms with van der Waals surface area (Å²) in [5.74, 6) is -0.328. The van der Waals surface area contributed by atoms with Gasteiger partial charge < -0.3 is 20.9 Å². The molecule has 0 radical (unpaired) electrons. The normalized spacial score (nSPS) is 17.7. The van der Waals surface area contributed by atoms with Crippen molar-refractivity contribution in [3.63, 3.8) is 0 Å². The van der Waals surface area contributed by atoms with E-state index in [9.17, 15) is 9.59 Å². The quantitative estimate of drug-likeness (QED) is 0.800. The molecule has 1 fully saturated rings. The SMILES string of the molecule is NC(=O)C1CCN(C(=O)NCCCN2CCc3ccccc32)CC1. The molecule has 3 N–H and O–H groups in total. The lowest BCUT2D eigenvalue weighted by molar-refractivity contribution is -0.123. The number of anilines is 1. The van der Waals surface area contributed by atoms with Gasteiger partial charge in [0.2, 0.25) is 5.91 Å². The van der Waals surface area contributed by atoms with Crippen LogP contribution in [0.1, 0.15) is 24.8 Å². The van der Waals surface area contributed by atoms with Crippen molar-refractivity contribution in [1.82, 2.24) is 10.2 Å². The maximum Gasteiger partial charge on any atom is 0.317 e. The molecule has 6 nitrogen and oxygen atoms in total. The Hall–Kier alpha value is -2.24. The average Bonchev–Trinajstić information content (AvgIpc) is 3.02. The number of hydrogen-bond acceptors (Lipinski definition) is 3. The van der Waals surface area contributed by atoms with E-state index in [1.54, 1.807) is 4.90 Å². The number of piperidine rings is 1. The molecule has 0 aliphatic carbocycles. The van der Waals surface area contributed by atoms with Gasteiger partial charge in [0.15, 0.2) is 0 Å². The Labute approximate surface area is 143 Å². The van der Waals surface area contributed by atoms with Crippen molar-refractivity contribution in [3.05, 3.63) is 29.8 Å². The Morgan fingerprint density at radius 2 is 1.92 bits per heavy atom. The van der Waals surface area contributed by atoms with Crippen LogP contribution in [0.2, 0.25) is 0 Å². The minimum atomic E-state index is -0.249. The largest absolute Gasteiger partial charge is 0.371 e. The van der Waals surface area contributed by atoms with Crippen LogP contribution in [0.5, 0.6) is 0 Å². The number of urea groups is 1. The predicted molar refractivity (Wildman–Crippen MR) is 93.9 cm³/mol. The van der Waals surface area contributed by atoms with E-state index in [1.165, 1.54) is 11.3 Å². The monoisotopic (exact) mass is 330 g/mol. The zero-order chi connectivity index (χ0) is 16.9. The van der Waals surface area contributed by atoms with Gasteiger partial charge in [0, 0.05) is 44.3 Å². The van der Waals surface area contributed by atoms with Gasteiger partial charge in [-0.15, -0.1) is 0 Å². The molecule has 0 atom stereocenters. The lowest BCUT2D eigenvalue weighted by Crippen LogP contribution is -2.46. The molecule has 130 valence electrons. The van der Waals surface area contributed by atoms with Crippen LogP contribution in [0.25, 0.3) is 0 Å². The molecule has 3 rings (SSSR count). The fourth-order valence-corrected chi connectivity index (χ4v) is 3.58. The number of rotatable bonds is 5. The van der Waals surface area contributed by atoms with E-state index < -0.39 is 0 Å². The highest BCUT2D eigenvalue weighted by atomic mass is 16.2. The number of nitrogens with two attached hydrogens (primary N) is 1. The van der Waals surface area contributed by atoms with Crippen LogP contribution in [0.3, 0.4) is 0 Å².